The molecule has 5 rings (SSSR count). The zero-order valence-corrected chi connectivity index (χ0v) is 18.5. The summed E-state index contributed by atoms with van der Waals surface area (Å²) in [6.45, 7) is 2.04. The molecule has 0 spiro atoms. The van der Waals surface area contributed by atoms with Crippen LogP contribution in [-0.4, -0.2) is 80.3 Å². The van der Waals surface area contributed by atoms with Crippen LogP contribution in [0.3, 0.4) is 0 Å². The maximum Gasteiger partial charge on any atom is 0.407 e. The molecule has 0 radical (unpaired) electrons. The molecule has 3 aromatic heterocycles. The van der Waals surface area contributed by atoms with Crippen molar-refractivity contribution in [1.29, 1.82) is 0 Å². The summed E-state index contributed by atoms with van der Waals surface area (Å²) in [5.74, 6) is 0.741. The predicted molar refractivity (Wildman–Crippen MR) is 125 cm³/mol. The third-order valence-electron chi connectivity index (χ3n) is 6.31. The summed E-state index contributed by atoms with van der Waals surface area (Å²) < 4.78 is 2.01. The van der Waals surface area contributed by atoms with Crippen LogP contribution in [0.4, 0.5) is 10.6 Å². The Bertz CT molecular complexity index is 1310. The molecule has 1 saturated heterocycles. The predicted octanol–water partition coefficient (Wildman–Crippen LogP) is 2.99. The van der Waals surface area contributed by atoms with Gasteiger partial charge >= 0.3 is 6.09 Å². The molecule has 1 aromatic carbocycles. The minimum absolute atomic E-state index is 0.0573. The number of piperazine rings is 1. The normalized spacial score (nSPS) is 17.3. The van der Waals surface area contributed by atoms with Crippen molar-refractivity contribution in [2.75, 3.05) is 39.0 Å². The molecular weight excluding hydrogens is 406 g/mol. The highest BCUT2D eigenvalue weighted by Gasteiger charge is 2.29. The van der Waals surface area contributed by atoms with Crippen molar-refractivity contribution < 1.29 is 9.90 Å². The standard InChI is InChI=1S/C23H27N7O2/c1-24-22-19-20(29(3)13-25-19)17-11-18(26-21(17)27-22)15-6-4-5-14(9-15)10-16-12-28(2)7-8-30(16)23(31)32/h4-6,9,11,13,16H,7-8,10,12H2,1-3H3,(H,31,32)(H2,24,26,27). The molecule has 1 atom stereocenters. The van der Waals surface area contributed by atoms with Gasteiger partial charge in [0.15, 0.2) is 5.82 Å². The van der Waals surface area contributed by atoms with E-state index < -0.39 is 6.09 Å². The molecule has 32 heavy (non-hydrogen) atoms. The van der Waals surface area contributed by atoms with Crippen LogP contribution in [0.15, 0.2) is 36.7 Å². The van der Waals surface area contributed by atoms with E-state index in [2.05, 4.69) is 44.5 Å². The number of aromatic nitrogens is 4. The second-order valence-electron chi connectivity index (χ2n) is 8.50. The number of imidazole rings is 1. The maximum atomic E-state index is 11.7. The smallest absolute Gasteiger partial charge is 0.407 e. The molecule has 3 N–H and O–H groups in total. The quantitative estimate of drug-likeness (QED) is 0.457. The van der Waals surface area contributed by atoms with Crippen molar-refractivity contribution in [3.05, 3.63) is 42.2 Å². The molecule has 1 aliphatic heterocycles. The maximum absolute atomic E-state index is 11.7. The summed E-state index contributed by atoms with van der Waals surface area (Å²) in [6, 6.07) is 10.4. The summed E-state index contributed by atoms with van der Waals surface area (Å²) in [7, 11) is 5.87. The van der Waals surface area contributed by atoms with E-state index >= 15 is 0 Å². The molecule has 1 amide bonds. The van der Waals surface area contributed by atoms with Crippen LogP contribution in [0.2, 0.25) is 0 Å². The van der Waals surface area contributed by atoms with Crippen molar-refractivity contribution >= 4 is 34.0 Å². The first kappa shape index (κ1) is 20.3. The lowest BCUT2D eigenvalue weighted by Gasteiger charge is -2.38. The Balaban J connectivity index is 1.51. The fraction of sp³-hybridized carbons (Fsp3) is 0.348. The zero-order chi connectivity index (χ0) is 22.4. The van der Waals surface area contributed by atoms with E-state index in [9.17, 15) is 9.90 Å². The monoisotopic (exact) mass is 433 g/mol. The third kappa shape index (κ3) is 3.44. The summed E-state index contributed by atoms with van der Waals surface area (Å²) >= 11 is 0. The SMILES string of the molecule is CNc1nc2[nH]c(-c3cccc(CC4CN(C)CCN4C(=O)O)c3)cc2c2c1ncn2C. The van der Waals surface area contributed by atoms with E-state index in [0.717, 1.165) is 57.8 Å². The highest BCUT2D eigenvalue weighted by Crippen LogP contribution is 2.32. The molecule has 1 aliphatic rings. The molecule has 9 heteroatoms. The minimum atomic E-state index is -0.846. The highest BCUT2D eigenvalue weighted by molar-refractivity contribution is 6.07. The van der Waals surface area contributed by atoms with Crippen LogP contribution < -0.4 is 5.32 Å². The van der Waals surface area contributed by atoms with Crippen molar-refractivity contribution in [2.45, 2.75) is 12.5 Å². The number of benzene rings is 1. The number of nitrogens with one attached hydrogen (secondary N) is 2. The second kappa shape index (κ2) is 7.83. The summed E-state index contributed by atoms with van der Waals surface area (Å²) in [5, 5.41) is 13.8. The van der Waals surface area contributed by atoms with Gasteiger partial charge in [-0.2, -0.15) is 0 Å². The largest absolute Gasteiger partial charge is 0.465 e. The van der Waals surface area contributed by atoms with Crippen molar-refractivity contribution in [3.8, 4) is 11.3 Å². The van der Waals surface area contributed by atoms with Gasteiger partial charge in [0.05, 0.1) is 17.9 Å². The van der Waals surface area contributed by atoms with Gasteiger partial charge in [-0.25, -0.2) is 14.8 Å². The van der Waals surface area contributed by atoms with Gasteiger partial charge in [0.25, 0.3) is 0 Å². The van der Waals surface area contributed by atoms with E-state index in [4.69, 9.17) is 4.98 Å². The van der Waals surface area contributed by atoms with Crippen molar-refractivity contribution in [2.24, 2.45) is 7.05 Å². The fourth-order valence-corrected chi connectivity index (χ4v) is 4.70. The van der Waals surface area contributed by atoms with E-state index in [0.29, 0.717) is 13.0 Å². The Hall–Kier alpha value is -3.59. The molecule has 0 saturated carbocycles. The first-order chi connectivity index (χ1) is 15.4. The van der Waals surface area contributed by atoms with E-state index in [1.165, 1.54) is 0 Å². The lowest BCUT2D eigenvalue weighted by molar-refractivity contribution is 0.0778. The molecule has 4 heterocycles. The Kier molecular flexibility index (Phi) is 4.97. The molecule has 0 aliphatic carbocycles. The van der Waals surface area contributed by atoms with Crippen LogP contribution >= 0.6 is 0 Å². The van der Waals surface area contributed by atoms with Gasteiger partial charge in [0.1, 0.15) is 11.2 Å². The molecule has 0 bridgehead atoms. The number of hydrogen-bond donors (Lipinski definition) is 3. The number of carbonyl (C=O) groups is 1. The summed E-state index contributed by atoms with van der Waals surface area (Å²) in [4.78, 5) is 28.1. The Morgan fingerprint density at radius 1 is 1.28 bits per heavy atom. The van der Waals surface area contributed by atoms with E-state index in [1.54, 1.807) is 11.2 Å². The average Bonchev–Trinajstić information content (AvgIpc) is 3.37. The van der Waals surface area contributed by atoms with E-state index in [1.807, 2.05) is 31.8 Å². The number of aryl methyl sites for hydroxylation is 1. The van der Waals surface area contributed by atoms with Crippen LogP contribution in [0, 0.1) is 0 Å². The number of H-pyrrole nitrogens is 1. The Morgan fingerprint density at radius 2 is 2.12 bits per heavy atom. The average molecular weight is 434 g/mol. The third-order valence-corrected chi connectivity index (χ3v) is 6.31. The highest BCUT2D eigenvalue weighted by atomic mass is 16.4. The van der Waals surface area contributed by atoms with Crippen LogP contribution in [0.5, 0.6) is 0 Å². The van der Waals surface area contributed by atoms with Gasteiger partial charge in [0.2, 0.25) is 0 Å². The van der Waals surface area contributed by atoms with Crippen LogP contribution in [-0.2, 0) is 13.5 Å². The number of fused-ring (bicyclic) bond motifs is 3. The van der Waals surface area contributed by atoms with Gasteiger partial charge in [-0.1, -0.05) is 18.2 Å². The molecule has 4 aromatic rings. The Morgan fingerprint density at radius 3 is 2.91 bits per heavy atom. The number of nitrogens with zero attached hydrogens (tertiary/aromatic N) is 5. The number of anilines is 1. The van der Waals surface area contributed by atoms with Gasteiger partial charge in [-0.05, 0) is 36.7 Å². The molecular formula is C23H27N7O2. The summed E-state index contributed by atoms with van der Waals surface area (Å²) in [5.41, 5.74) is 5.81. The molecule has 166 valence electrons. The van der Waals surface area contributed by atoms with Gasteiger partial charge in [0, 0.05) is 44.8 Å². The number of rotatable bonds is 4. The van der Waals surface area contributed by atoms with E-state index in [-0.39, 0.29) is 6.04 Å². The number of pyridine rings is 1. The summed E-state index contributed by atoms with van der Waals surface area (Å²) in [6.07, 6.45) is 1.63. The lowest BCUT2D eigenvalue weighted by atomic mass is 10.00. The number of amides is 1. The van der Waals surface area contributed by atoms with Gasteiger partial charge in [-0.3, -0.25) is 0 Å². The van der Waals surface area contributed by atoms with Crippen molar-refractivity contribution in [1.82, 2.24) is 29.3 Å². The van der Waals surface area contributed by atoms with Crippen LogP contribution in [0.1, 0.15) is 5.56 Å². The molecule has 1 fully saturated rings. The molecule has 1 unspecified atom stereocenters. The van der Waals surface area contributed by atoms with Crippen LogP contribution in [0.25, 0.3) is 33.3 Å². The number of carboxylic acid groups (broad SMARTS) is 1. The first-order valence-electron chi connectivity index (χ1n) is 10.7. The van der Waals surface area contributed by atoms with Crippen molar-refractivity contribution in [3.63, 3.8) is 0 Å². The van der Waals surface area contributed by atoms with Gasteiger partial charge < -0.3 is 29.8 Å². The minimum Gasteiger partial charge on any atom is -0.465 e. The Labute approximate surface area is 185 Å². The number of likely N-dealkylation sites (N-methyl/N-ethyl adjacent to an activating group) is 1. The number of hydrogen-bond acceptors (Lipinski definition) is 5. The molecule has 9 nitrogen and oxygen atoms in total. The van der Waals surface area contributed by atoms with Gasteiger partial charge in [-0.15, -0.1) is 0 Å². The topological polar surface area (TPSA) is 102 Å². The second-order valence-corrected chi connectivity index (χ2v) is 8.50. The first-order valence-corrected chi connectivity index (χ1v) is 10.7. The fourth-order valence-electron chi connectivity index (χ4n) is 4.70. The zero-order valence-electron chi connectivity index (χ0n) is 18.5. The number of aromatic amines is 1. The lowest BCUT2D eigenvalue weighted by Crippen LogP contribution is -2.54.